The van der Waals surface area contributed by atoms with Gasteiger partial charge in [-0.3, -0.25) is 10.0 Å². The monoisotopic (exact) mass is 372 g/mol. The lowest BCUT2D eigenvalue weighted by atomic mass is 9.90. The van der Waals surface area contributed by atoms with Crippen LogP contribution in [0.15, 0.2) is 24.3 Å². The Morgan fingerprint density at radius 3 is 2.48 bits per heavy atom. The van der Waals surface area contributed by atoms with Gasteiger partial charge in [-0.1, -0.05) is 32.0 Å². The second-order valence-corrected chi connectivity index (χ2v) is 8.77. The van der Waals surface area contributed by atoms with Gasteiger partial charge in [-0.25, -0.2) is 22.2 Å². The highest BCUT2D eigenvalue weighted by atomic mass is 32.2. The van der Waals surface area contributed by atoms with E-state index in [4.69, 9.17) is 0 Å². The number of amides is 1. The summed E-state index contributed by atoms with van der Waals surface area (Å²) >= 11 is 0. The normalized spacial score (nSPS) is 17.0. The quantitative estimate of drug-likeness (QED) is 0.615. The molecule has 1 aromatic carbocycles. The zero-order valence-electron chi connectivity index (χ0n) is 14.6. The van der Waals surface area contributed by atoms with E-state index in [9.17, 15) is 22.8 Å². The third kappa shape index (κ3) is 5.23. The summed E-state index contributed by atoms with van der Waals surface area (Å²) in [6.07, 6.45) is 1.10. The molecule has 0 saturated carbocycles. The maximum Gasteiger partial charge on any atom is 0.247 e. The molecule has 25 heavy (non-hydrogen) atoms. The average Bonchev–Trinajstić information content (AvgIpc) is 2.54. The van der Waals surface area contributed by atoms with Gasteiger partial charge in [-0.15, -0.1) is 0 Å². The molecule has 2 rings (SSSR count). The minimum Gasteiger partial charge on any atom is -0.285 e. The number of piperidine rings is 1. The lowest BCUT2D eigenvalue weighted by Crippen LogP contribution is -2.44. The largest absolute Gasteiger partial charge is 0.285 e. The Labute approximate surface area is 148 Å². The van der Waals surface area contributed by atoms with E-state index in [2.05, 4.69) is 0 Å². The fourth-order valence-corrected chi connectivity index (χ4v) is 4.40. The molecule has 1 heterocycles. The minimum absolute atomic E-state index is 0.0274. The van der Waals surface area contributed by atoms with E-state index in [0.29, 0.717) is 18.4 Å². The van der Waals surface area contributed by atoms with Gasteiger partial charge in [0.05, 0.1) is 0 Å². The molecule has 0 spiro atoms. The van der Waals surface area contributed by atoms with Gasteiger partial charge in [0.15, 0.2) is 5.88 Å². The zero-order chi connectivity index (χ0) is 18.6. The van der Waals surface area contributed by atoms with Crippen LogP contribution in [0.4, 0.5) is 4.39 Å². The highest BCUT2D eigenvalue weighted by Crippen LogP contribution is 2.30. The standard InChI is InChI=1S/C17H25FN2O4S/c1-13(2)11-17(21)20(22)12-25(23,24)19-9-7-14(8-10-19)15-5-3-4-6-16(15)18/h3-6,13-14,22H,7-12H2,1-2H3. The summed E-state index contributed by atoms with van der Waals surface area (Å²) in [6.45, 7) is 4.11. The lowest BCUT2D eigenvalue weighted by Gasteiger charge is -2.32. The molecule has 6 nitrogen and oxygen atoms in total. The van der Waals surface area contributed by atoms with Gasteiger partial charge in [-0.2, -0.15) is 0 Å². The van der Waals surface area contributed by atoms with Gasteiger partial charge in [0, 0.05) is 19.5 Å². The first kappa shape index (κ1) is 19.8. The van der Waals surface area contributed by atoms with E-state index in [1.807, 2.05) is 13.8 Å². The summed E-state index contributed by atoms with van der Waals surface area (Å²) in [5.74, 6) is -1.63. The average molecular weight is 372 g/mol. The molecule has 0 radical (unpaired) electrons. The number of carbonyl (C=O) groups excluding carboxylic acids is 1. The fourth-order valence-electron chi connectivity index (χ4n) is 3.01. The number of rotatable bonds is 6. The summed E-state index contributed by atoms with van der Waals surface area (Å²) in [7, 11) is -3.78. The molecule has 1 aliphatic heterocycles. The number of sulfonamides is 1. The lowest BCUT2D eigenvalue weighted by molar-refractivity contribution is -0.162. The molecular formula is C17H25FN2O4S. The summed E-state index contributed by atoms with van der Waals surface area (Å²) < 4.78 is 39.9. The first-order chi connectivity index (χ1) is 11.7. The van der Waals surface area contributed by atoms with Gasteiger partial charge in [0.1, 0.15) is 5.82 Å². The first-order valence-electron chi connectivity index (χ1n) is 8.42. The van der Waals surface area contributed by atoms with E-state index in [-0.39, 0.29) is 42.2 Å². The second-order valence-electron chi connectivity index (χ2n) is 6.83. The van der Waals surface area contributed by atoms with Crippen molar-refractivity contribution in [2.24, 2.45) is 5.92 Å². The molecule has 140 valence electrons. The van der Waals surface area contributed by atoms with Crippen molar-refractivity contribution in [3.05, 3.63) is 35.6 Å². The van der Waals surface area contributed by atoms with Crippen LogP contribution in [0.2, 0.25) is 0 Å². The third-order valence-electron chi connectivity index (χ3n) is 4.35. The van der Waals surface area contributed by atoms with Crippen molar-refractivity contribution in [1.29, 1.82) is 0 Å². The molecule has 8 heteroatoms. The van der Waals surface area contributed by atoms with E-state index in [1.54, 1.807) is 18.2 Å². The van der Waals surface area contributed by atoms with Crippen LogP contribution < -0.4 is 0 Å². The molecule has 0 unspecified atom stereocenters. The highest BCUT2D eigenvalue weighted by molar-refractivity contribution is 7.89. The predicted molar refractivity (Wildman–Crippen MR) is 91.8 cm³/mol. The molecular weight excluding hydrogens is 347 g/mol. The smallest absolute Gasteiger partial charge is 0.247 e. The van der Waals surface area contributed by atoms with Gasteiger partial charge in [0.2, 0.25) is 15.9 Å². The van der Waals surface area contributed by atoms with Crippen LogP contribution in [0.5, 0.6) is 0 Å². The van der Waals surface area contributed by atoms with Crippen molar-refractivity contribution < 1.29 is 22.8 Å². The number of hydrogen-bond acceptors (Lipinski definition) is 4. The fraction of sp³-hybridized carbons (Fsp3) is 0.588. The molecule has 1 fully saturated rings. The third-order valence-corrected chi connectivity index (χ3v) is 6.07. The Morgan fingerprint density at radius 1 is 1.32 bits per heavy atom. The van der Waals surface area contributed by atoms with Crippen molar-refractivity contribution in [2.45, 2.75) is 39.0 Å². The summed E-state index contributed by atoms with van der Waals surface area (Å²) in [4.78, 5) is 11.7. The SMILES string of the molecule is CC(C)CC(=O)N(O)CS(=O)(=O)N1CCC(c2ccccc2F)CC1. The molecule has 1 amide bonds. The summed E-state index contributed by atoms with van der Waals surface area (Å²) in [5.41, 5.74) is 0.607. The van der Waals surface area contributed by atoms with Crippen molar-refractivity contribution in [1.82, 2.24) is 9.37 Å². The van der Waals surface area contributed by atoms with Crippen LogP contribution in [-0.4, -0.2) is 47.9 Å². The first-order valence-corrected chi connectivity index (χ1v) is 10.0. The molecule has 0 aromatic heterocycles. The topological polar surface area (TPSA) is 77.9 Å². The Balaban J connectivity index is 1.95. The zero-order valence-corrected chi connectivity index (χ0v) is 15.4. The molecule has 0 aliphatic carbocycles. The molecule has 1 N–H and O–H groups in total. The Hall–Kier alpha value is -1.51. The number of halogens is 1. The van der Waals surface area contributed by atoms with Crippen LogP contribution in [-0.2, 0) is 14.8 Å². The molecule has 1 saturated heterocycles. The number of benzene rings is 1. The van der Waals surface area contributed by atoms with Crippen molar-refractivity contribution >= 4 is 15.9 Å². The Bertz CT molecular complexity index is 700. The van der Waals surface area contributed by atoms with Crippen molar-refractivity contribution in [3.63, 3.8) is 0 Å². The van der Waals surface area contributed by atoms with Crippen LogP contribution in [0.25, 0.3) is 0 Å². The minimum atomic E-state index is -3.78. The van der Waals surface area contributed by atoms with Gasteiger partial charge in [-0.05, 0) is 36.3 Å². The number of hydroxylamine groups is 2. The van der Waals surface area contributed by atoms with Crippen LogP contribution in [0, 0.1) is 11.7 Å². The maximum atomic E-state index is 13.9. The Morgan fingerprint density at radius 2 is 1.92 bits per heavy atom. The van der Waals surface area contributed by atoms with E-state index in [1.165, 1.54) is 10.4 Å². The molecule has 1 aliphatic rings. The van der Waals surface area contributed by atoms with Crippen LogP contribution >= 0.6 is 0 Å². The van der Waals surface area contributed by atoms with Gasteiger partial charge >= 0.3 is 0 Å². The number of nitrogens with zero attached hydrogens (tertiary/aromatic N) is 2. The van der Waals surface area contributed by atoms with Crippen molar-refractivity contribution in [3.8, 4) is 0 Å². The van der Waals surface area contributed by atoms with Gasteiger partial charge in [0.25, 0.3) is 0 Å². The predicted octanol–water partition coefficient (Wildman–Crippen LogP) is 2.56. The number of hydrogen-bond donors (Lipinski definition) is 1. The number of carbonyl (C=O) groups is 1. The van der Waals surface area contributed by atoms with Crippen molar-refractivity contribution in [2.75, 3.05) is 19.0 Å². The second kappa shape index (κ2) is 8.25. The van der Waals surface area contributed by atoms with E-state index < -0.39 is 21.8 Å². The Kier molecular flexibility index (Phi) is 6.53. The molecule has 0 bridgehead atoms. The molecule has 0 atom stereocenters. The summed E-state index contributed by atoms with van der Waals surface area (Å²) in [6, 6.07) is 6.53. The molecule has 1 aromatic rings. The van der Waals surface area contributed by atoms with Gasteiger partial charge < -0.3 is 0 Å². The maximum absolute atomic E-state index is 13.9. The van der Waals surface area contributed by atoms with E-state index >= 15 is 0 Å². The van der Waals surface area contributed by atoms with Crippen LogP contribution in [0.1, 0.15) is 44.6 Å². The highest BCUT2D eigenvalue weighted by Gasteiger charge is 2.31. The van der Waals surface area contributed by atoms with E-state index in [0.717, 1.165) is 0 Å². The summed E-state index contributed by atoms with van der Waals surface area (Å²) in [5, 5.41) is 10.0. The van der Waals surface area contributed by atoms with Crippen LogP contribution in [0.3, 0.4) is 0 Å².